The SMILES string of the molecule is CCN1C(=O)N(CC(N)=O)C(=O)C12CCN([C@@H](C)COC)CC2. The molecule has 0 unspecified atom stereocenters. The Hall–Kier alpha value is -1.67. The number of piperidine rings is 1. The molecule has 2 N–H and O–H groups in total. The van der Waals surface area contributed by atoms with Crippen LogP contribution in [0, 0.1) is 0 Å². The maximum Gasteiger partial charge on any atom is 0.328 e. The molecule has 8 heteroatoms. The fourth-order valence-corrected chi connectivity index (χ4v) is 3.68. The Morgan fingerprint density at radius 2 is 1.96 bits per heavy atom. The lowest BCUT2D eigenvalue weighted by atomic mass is 9.85. The minimum absolute atomic E-state index is 0.265. The molecule has 2 rings (SSSR count). The van der Waals surface area contributed by atoms with Crippen molar-refractivity contribution in [1.29, 1.82) is 0 Å². The highest BCUT2D eigenvalue weighted by atomic mass is 16.5. The van der Waals surface area contributed by atoms with Crippen LogP contribution in [-0.4, -0.2) is 84.0 Å². The number of urea groups is 1. The lowest BCUT2D eigenvalue weighted by molar-refractivity contribution is -0.138. The van der Waals surface area contributed by atoms with E-state index in [-0.39, 0.29) is 18.5 Å². The second-order valence-corrected chi connectivity index (χ2v) is 6.26. The number of rotatable bonds is 6. The predicted octanol–water partition coefficient (Wildman–Crippen LogP) is -0.375. The Morgan fingerprint density at radius 1 is 1.35 bits per heavy atom. The summed E-state index contributed by atoms with van der Waals surface area (Å²) in [6.45, 7) is 6.08. The van der Waals surface area contributed by atoms with Gasteiger partial charge in [-0.25, -0.2) is 4.79 Å². The fraction of sp³-hybridized carbons (Fsp3) is 0.800. The number of likely N-dealkylation sites (N-methyl/N-ethyl adjacent to an activating group) is 1. The number of primary amides is 1. The van der Waals surface area contributed by atoms with E-state index < -0.39 is 17.5 Å². The van der Waals surface area contributed by atoms with Gasteiger partial charge in [0.2, 0.25) is 5.91 Å². The molecule has 2 aliphatic rings. The van der Waals surface area contributed by atoms with Gasteiger partial charge in [-0.05, 0) is 26.7 Å². The molecule has 0 aromatic rings. The van der Waals surface area contributed by atoms with Crippen molar-refractivity contribution >= 4 is 17.8 Å². The molecule has 0 saturated carbocycles. The van der Waals surface area contributed by atoms with Gasteiger partial charge in [-0.15, -0.1) is 0 Å². The van der Waals surface area contributed by atoms with Gasteiger partial charge < -0.3 is 15.4 Å². The summed E-state index contributed by atoms with van der Waals surface area (Å²) in [7, 11) is 1.67. The maximum atomic E-state index is 12.8. The first-order chi connectivity index (χ1) is 10.9. The number of nitrogens with two attached hydrogens (primary N) is 1. The van der Waals surface area contributed by atoms with E-state index in [9.17, 15) is 14.4 Å². The van der Waals surface area contributed by atoms with Crippen molar-refractivity contribution in [2.24, 2.45) is 5.73 Å². The van der Waals surface area contributed by atoms with Crippen LogP contribution in [0.2, 0.25) is 0 Å². The molecule has 0 aromatic carbocycles. The van der Waals surface area contributed by atoms with Gasteiger partial charge in [0.05, 0.1) is 6.61 Å². The molecule has 4 amide bonds. The van der Waals surface area contributed by atoms with Gasteiger partial charge in [-0.2, -0.15) is 0 Å². The van der Waals surface area contributed by atoms with E-state index in [1.807, 2.05) is 6.92 Å². The van der Waals surface area contributed by atoms with Crippen LogP contribution in [0.4, 0.5) is 4.79 Å². The summed E-state index contributed by atoms with van der Waals surface area (Å²) in [5.74, 6) is -0.965. The van der Waals surface area contributed by atoms with E-state index in [2.05, 4.69) is 11.8 Å². The molecule has 2 saturated heterocycles. The first-order valence-electron chi connectivity index (χ1n) is 8.02. The van der Waals surface area contributed by atoms with Gasteiger partial charge in [0.25, 0.3) is 5.91 Å². The van der Waals surface area contributed by atoms with Gasteiger partial charge in [-0.3, -0.25) is 19.4 Å². The zero-order chi connectivity index (χ0) is 17.2. The first kappa shape index (κ1) is 17.7. The molecule has 23 heavy (non-hydrogen) atoms. The summed E-state index contributed by atoms with van der Waals surface area (Å²) in [6.07, 6.45) is 1.13. The Bertz CT molecular complexity index is 488. The lowest BCUT2D eigenvalue weighted by Gasteiger charge is -2.43. The Balaban J connectivity index is 2.16. The predicted molar refractivity (Wildman–Crippen MR) is 83.6 cm³/mol. The molecule has 0 bridgehead atoms. The lowest BCUT2D eigenvalue weighted by Crippen LogP contribution is -2.58. The van der Waals surface area contributed by atoms with Crippen LogP contribution in [0.15, 0.2) is 0 Å². The number of amides is 4. The number of imide groups is 1. The summed E-state index contributed by atoms with van der Waals surface area (Å²) in [4.78, 5) is 41.3. The normalized spacial score (nSPS) is 22.9. The molecular weight excluding hydrogens is 300 g/mol. The molecular formula is C15H26N4O4. The number of hydrogen-bond acceptors (Lipinski definition) is 5. The van der Waals surface area contributed by atoms with E-state index in [0.717, 1.165) is 4.90 Å². The third kappa shape index (κ3) is 3.05. The molecule has 1 spiro atoms. The zero-order valence-corrected chi connectivity index (χ0v) is 14.1. The largest absolute Gasteiger partial charge is 0.383 e. The smallest absolute Gasteiger partial charge is 0.328 e. The molecule has 0 aromatic heterocycles. The van der Waals surface area contributed by atoms with Crippen molar-refractivity contribution in [3.63, 3.8) is 0 Å². The number of carbonyl (C=O) groups is 3. The highest BCUT2D eigenvalue weighted by molar-refractivity contribution is 6.09. The number of hydrogen-bond donors (Lipinski definition) is 1. The van der Waals surface area contributed by atoms with Crippen LogP contribution in [0.3, 0.4) is 0 Å². The Morgan fingerprint density at radius 3 is 2.43 bits per heavy atom. The number of ether oxygens (including phenoxy) is 1. The minimum Gasteiger partial charge on any atom is -0.383 e. The van der Waals surface area contributed by atoms with E-state index >= 15 is 0 Å². The summed E-state index contributed by atoms with van der Waals surface area (Å²) in [6, 6.07) is -0.143. The highest BCUT2D eigenvalue weighted by Gasteiger charge is 2.57. The van der Waals surface area contributed by atoms with Crippen LogP contribution < -0.4 is 5.73 Å². The van der Waals surface area contributed by atoms with Gasteiger partial charge >= 0.3 is 6.03 Å². The summed E-state index contributed by atoms with van der Waals surface area (Å²) >= 11 is 0. The highest BCUT2D eigenvalue weighted by Crippen LogP contribution is 2.37. The monoisotopic (exact) mass is 326 g/mol. The summed E-state index contributed by atoms with van der Waals surface area (Å²) in [5.41, 5.74) is 4.34. The second kappa shape index (κ2) is 6.84. The van der Waals surface area contributed by atoms with Crippen LogP contribution in [0.1, 0.15) is 26.7 Å². The topological polar surface area (TPSA) is 96.2 Å². The third-order valence-electron chi connectivity index (χ3n) is 4.91. The average Bonchev–Trinajstić information content (AvgIpc) is 2.69. The molecule has 2 fully saturated rings. The van der Waals surface area contributed by atoms with Crippen molar-refractivity contribution in [1.82, 2.24) is 14.7 Å². The maximum absolute atomic E-state index is 12.8. The first-order valence-corrected chi connectivity index (χ1v) is 8.02. The Kier molecular flexibility index (Phi) is 5.26. The van der Waals surface area contributed by atoms with Crippen LogP contribution in [0.25, 0.3) is 0 Å². The molecule has 1 atom stereocenters. The van der Waals surface area contributed by atoms with Crippen molar-refractivity contribution < 1.29 is 19.1 Å². The van der Waals surface area contributed by atoms with Gasteiger partial charge in [0.1, 0.15) is 12.1 Å². The number of methoxy groups -OCH3 is 1. The standard InChI is InChI=1S/C15H26N4O4/c1-4-19-14(22)18(9-12(16)20)13(21)15(19)5-7-17(8-6-15)11(2)10-23-3/h11H,4-10H2,1-3H3,(H2,16,20)/t11-/m0/s1. The molecule has 2 aliphatic heterocycles. The van der Waals surface area contributed by atoms with E-state index in [4.69, 9.17) is 10.5 Å². The molecule has 8 nitrogen and oxygen atoms in total. The van der Waals surface area contributed by atoms with E-state index in [1.54, 1.807) is 12.0 Å². The van der Waals surface area contributed by atoms with E-state index in [1.165, 1.54) is 0 Å². The number of carbonyl (C=O) groups excluding carboxylic acids is 3. The quantitative estimate of drug-likeness (QED) is 0.672. The molecule has 0 radical (unpaired) electrons. The van der Waals surface area contributed by atoms with Gasteiger partial charge in [-0.1, -0.05) is 0 Å². The van der Waals surface area contributed by atoms with Crippen molar-refractivity contribution in [2.75, 3.05) is 39.9 Å². The fourth-order valence-electron chi connectivity index (χ4n) is 3.68. The second-order valence-electron chi connectivity index (χ2n) is 6.26. The number of nitrogens with zero attached hydrogens (tertiary/aromatic N) is 3. The number of likely N-dealkylation sites (tertiary alicyclic amines) is 1. The van der Waals surface area contributed by atoms with Gasteiger partial charge in [0, 0.05) is 32.8 Å². The van der Waals surface area contributed by atoms with Crippen LogP contribution in [0.5, 0.6) is 0 Å². The van der Waals surface area contributed by atoms with E-state index in [0.29, 0.717) is 39.1 Å². The average molecular weight is 326 g/mol. The Labute approximate surface area is 136 Å². The van der Waals surface area contributed by atoms with Crippen molar-refractivity contribution in [3.05, 3.63) is 0 Å². The summed E-state index contributed by atoms with van der Waals surface area (Å²) < 4.78 is 5.18. The summed E-state index contributed by atoms with van der Waals surface area (Å²) in [5, 5.41) is 0. The van der Waals surface area contributed by atoms with Gasteiger partial charge in [0.15, 0.2) is 0 Å². The third-order valence-corrected chi connectivity index (χ3v) is 4.91. The van der Waals surface area contributed by atoms with Crippen molar-refractivity contribution in [3.8, 4) is 0 Å². The minimum atomic E-state index is -0.829. The van der Waals surface area contributed by atoms with Crippen LogP contribution in [-0.2, 0) is 14.3 Å². The molecule has 130 valence electrons. The molecule has 2 heterocycles. The zero-order valence-electron chi connectivity index (χ0n) is 14.1. The van der Waals surface area contributed by atoms with Crippen LogP contribution >= 0.6 is 0 Å². The molecule has 0 aliphatic carbocycles. The van der Waals surface area contributed by atoms with Crippen molar-refractivity contribution in [2.45, 2.75) is 38.3 Å².